The summed E-state index contributed by atoms with van der Waals surface area (Å²) >= 11 is 0. The lowest BCUT2D eigenvalue weighted by Crippen LogP contribution is -2.17. The van der Waals surface area contributed by atoms with Gasteiger partial charge in [0.05, 0.1) is 6.21 Å². The molecule has 6 heteroatoms. The first-order chi connectivity index (χ1) is 9.59. The molecule has 102 valence electrons. The van der Waals surface area contributed by atoms with Crippen LogP contribution in [0.2, 0.25) is 0 Å². The Morgan fingerprint density at radius 2 is 1.70 bits per heavy atom. The van der Waals surface area contributed by atoms with Crippen molar-refractivity contribution in [1.82, 2.24) is 5.43 Å². The largest absolute Gasteiger partial charge is 0.504 e. The van der Waals surface area contributed by atoms with Crippen LogP contribution >= 0.6 is 0 Å². The van der Waals surface area contributed by atoms with Gasteiger partial charge < -0.3 is 15.3 Å². The van der Waals surface area contributed by atoms with Crippen molar-refractivity contribution in [3.8, 4) is 17.2 Å². The van der Waals surface area contributed by atoms with Crippen LogP contribution in [-0.2, 0) is 0 Å². The van der Waals surface area contributed by atoms with Gasteiger partial charge in [-0.25, -0.2) is 5.43 Å². The number of benzene rings is 2. The first-order valence-electron chi connectivity index (χ1n) is 5.72. The minimum absolute atomic E-state index is 0.161. The van der Waals surface area contributed by atoms with Gasteiger partial charge in [0.2, 0.25) is 5.75 Å². The molecule has 0 spiro atoms. The smallest absolute Gasteiger partial charge is 0.271 e. The van der Waals surface area contributed by atoms with Crippen molar-refractivity contribution in [3.63, 3.8) is 0 Å². The quantitative estimate of drug-likeness (QED) is 0.387. The number of hydrogen-bond acceptors (Lipinski definition) is 5. The number of amides is 1. The van der Waals surface area contributed by atoms with Crippen molar-refractivity contribution < 1.29 is 20.1 Å². The summed E-state index contributed by atoms with van der Waals surface area (Å²) in [6.07, 6.45) is 1.16. The number of phenols is 3. The van der Waals surface area contributed by atoms with Gasteiger partial charge in [-0.05, 0) is 24.3 Å². The van der Waals surface area contributed by atoms with Gasteiger partial charge in [0, 0.05) is 11.1 Å². The third-order valence-corrected chi connectivity index (χ3v) is 2.57. The summed E-state index contributed by atoms with van der Waals surface area (Å²) in [5.74, 6) is -1.98. The molecule has 0 saturated heterocycles. The third kappa shape index (κ3) is 2.86. The van der Waals surface area contributed by atoms with Gasteiger partial charge in [-0.2, -0.15) is 5.10 Å². The molecule has 2 aromatic carbocycles. The van der Waals surface area contributed by atoms with Crippen LogP contribution in [0.15, 0.2) is 47.6 Å². The van der Waals surface area contributed by atoms with E-state index in [4.69, 9.17) is 5.11 Å². The molecule has 0 unspecified atom stereocenters. The minimum atomic E-state index is -0.636. The summed E-state index contributed by atoms with van der Waals surface area (Å²) in [6.45, 7) is 0. The second kappa shape index (κ2) is 5.75. The number of nitrogens with one attached hydrogen (secondary N) is 1. The molecule has 0 aliphatic heterocycles. The number of carbonyl (C=O) groups is 1. The van der Waals surface area contributed by atoms with Gasteiger partial charge in [0.25, 0.3) is 5.91 Å². The van der Waals surface area contributed by atoms with Gasteiger partial charge in [-0.1, -0.05) is 18.2 Å². The zero-order chi connectivity index (χ0) is 14.5. The minimum Gasteiger partial charge on any atom is -0.504 e. The van der Waals surface area contributed by atoms with Crippen LogP contribution in [-0.4, -0.2) is 27.4 Å². The molecule has 1 amide bonds. The summed E-state index contributed by atoms with van der Waals surface area (Å²) in [5, 5.41) is 31.7. The standard InChI is InChI=1S/C14H12N2O4/c17-11-7-6-10(12(18)13(11)19)8-15-16-14(20)9-4-2-1-3-5-9/h1-8,17-19H,(H,16,20)/b15-8+. The molecule has 6 nitrogen and oxygen atoms in total. The zero-order valence-corrected chi connectivity index (χ0v) is 10.3. The molecule has 2 aromatic rings. The predicted molar refractivity (Wildman–Crippen MR) is 72.9 cm³/mol. The molecule has 0 aromatic heterocycles. The summed E-state index contributed by atoms with van der Waals surface area (Å²) < 4.78 is 0. The molecule has 0 radical (unpaired) electrons. The first-order valence-corrected chi connectivity index (χ1v) is 5.72. The fourth-order valence-corrected chi connectivity index (χ4v) is 1.50. The normalized spacial score (nSPS) is 10.6. The van der Waals surface area contributed by atoms with E-state index in [1.165, 1.54) is 12.1 Å². The highest BCUT2D eigenvalue weighted by Gasteiger charge is 2.09. The Hall–Kier alpha value is -3.02. The van der Waals surface area contributed by atoms with Gasteiger partial charge in [-0.15, -0.1) is 0 Å². The van der Waals surface area contributed by atoms with Gasteiger partial charge in [-0.3, -0.25) is 4.79 Å². The number of nitrogens with zero attached hydrogens (tertiary/aromatic N) is 1. The van der Waals surface area contributed by atoms with Gasteiger partial charge in [0.15, 0.2) is 11.5 Å². The fourth-order valence-electron chi connectivity index (χ4n) is 1.50. The van der Waals surface area contributed by atoms with Crippen molar-refractivity contribution in [2.75, 3.05) is 0 Å². The Kier molecular flexibility index (Phi) is 3.85. The lowest BCUT2D eigenvalue weighted by atomic mass is 10.2. The van der Waals surface area contributed by atoms with Crippen LogP contribution in [0.1, 0.15) is 15.9 Å². The summed E-state index contributed by atoms with van der Waals surface area (Å²) in [7, 11) is 0. The zero-order valence-electron chi connectivity index (χ0n) is 10.3. The maximum absolute atomic E-state index is 11.7. The van der Waals surface area contributed by atoms with Crippen LogP contribution in [0.25, 0.3) is 0 Å². The van der Waals surface area contributed by atoms with E-state index in [2.05, 4.69) is 10.5 Å². The third-order valence-electron chi connectivity index (χ3n) is 2.57. The molecule has 0 bridgehead atoms. The van der Waals surface area contributed by atoms with E-state index in [1.807, 2.05) is 0 Å². The molecule has 20 heavy (non-hydrogen) atoms. The lowest BCUT2D eigenvalue weighted by Gasteiger charge is -2.03. The first kappa shape index (κ1) is 13.4. The Labute approximate surface area is 114 Å². The van der Waals surface area contributed by atoms with E-state index in [9.17, 15) is 15.0 Å². The van der Waals surface area contributed by atoms with Crippen LogP contribution < -0.4 is 5.43 Å². The number of aromatic hydroxyl groups is 3. The SMILES string of the molecule is O=C(N/N=C/c1ccc(O)c(O)c1O)c1ccccc1. The van der Waals surface area contributed by atoms with Gasteiger partial charge >= 0.3 is 0 Å². The number of carbonyl (C=O) groups excluding carboxylic acids is 1. The van der Waals surface area contributed by atoms with Crippen LogP contribution in [0.3, 0.4) is 0 Å². The number of rotatable bonds is 3. The Balaban J connectivity index is 2.08. The van der Waals surface area contributed by atoms with E-state index in [1.54, 1.807) is 30.3 Å². The highest BCUT2D eigenvalue weighted by Crippen LogP contribution is 2.36. The van der Waals surface area contributed by atoms with Crippen LogP contribution in [0.5, 0.6) is 17.2 Å². The highest BCUT2D eigenvalue weighted by atomic mass is 16.3. The fraction of sp³-hybridized carbons (Fsp3) is 0. The molecule has 0 aliphatic rings. The average molecular weight is 272 g/mol. The van der Waals surface area contributed by atoms with E-state index >= 15 is 0 Å². The molecule has 0 fully saturated rings. The van der Waals surface area contributed by atoms with Crippen molar-refractivity contribution in [3.05, 3.63) is 53.6 Å². The summed E-state index contributed by atoms with van der Waals surface area (Å²) in [6, 6.07) is 11.1. The van der Waals surface area contributed by atoms with Crippen molar-refractivity contribution in [2.45, 2.75) is 0 Å². The molecule has 0 saturated carbocycles. The molecular weight excluding hydrogens is 260 g/mol. The highest BCUT2D eigenvalue weighted by molar-refractivity contribution is 5.95. The maximum atomic E-state index is 11.7. The maximum Gasteiger partial charge on any atom is 0.271 e. The molecule has 2 rings (SSSR count). The number of hydrogen-bond donors (Lipinski definition) is 4. The van der Waals surface area contributed by atoms with Crippen molar-refractivity contribution in [1.29, 1.82) is 0 Å². The average Bonchev–Trinajstić information content (AvgIpc) is 2.48. The van der Waals surface area contributed by atoms with Crippen LogP contribution in [0, 0.1) is 0 Å². The molecule has 0 aliphatic carbocycles. The molecule has 0 atom stereocenters. The van der Waals surface area contributed by atoms with E-state index in [0.717, 1.165) is 6.21 Å². The van der Waals surface area contributed by atoms with E-state index in [-0.39, 0.29) is 5.56 Å². The van der Waals surface area contributed by atoms with Crippen LogP contribution in [0.4, 0.5) is 0 Å². The number of phenolic OH excluding ortho intramolecular Hbond substituents is 3. The summed E-state index contributed by atoms with van der Waals surface area (Å²) in [5.41, 5.74) is 2.89. The number of hydrazone groups is 1. The van der Waals surface area contributed by atoms with E-state index < -0.39 is 23.2 Å². The van der Waals surface area contributed by atoms with Gasteiger partial charge in [0.1, 0.15) is 0 Å². The molecule has 0 heterocycles. The monoisotopic (exact) mass is 272 g/mol. The topological polar surface area (TPSA) is 102 Å². The Morgan fingerprint density at radius 3 is 2.40 bits per heavy atom. The lowest BCUT2D eigenvalue weighted by molar-refractivity contribution is 0.0955. The Bertz CT molecular complexity index is 654. The predicted octanol–water partition coefficient (Wildman–Crippen LogP) is 1.57. The van der Waals surface area contributed by atoms with E-state index in [0.29, 0.717) is 5.56 Å². The molecule has 4 N–H and O–H groups in total. The Morgan fingerprint density at radius 1 is 1.00 bits per heavy atom. The molecular formula is C14H12N2O4. The van der Waals surface area contributed by atoms with Crippen molar-refractivity contribution >= 4 is 12.1 Å². The second-order valence-corrected chi connectivity index (χ2v) is 3.94. The van der Waals surface area contributed by atoms with Crippen molar-refractivity contribution in [2.24, 2.45) is 5.10 Å². The summed E-state index contributed by atoms with van der Waals surface area (Å²) in [4.78, 5) is 11.7. The second-order valence-electron chi connectivity index (χ2n) is 3.94.